The van der Waals surface area contributed by atoms with E-state index in [0.717, 1.165) is 27.0 Å². The zero-order valence-electron chi connectivity index (χ0n) is 16.3. The summed E-state index contributed by atoms with van der Waals surface area (Å²) in [6.07, 6.45) is 1.84. The number of hydrogen-bond acceptors (Lipinski definition) is 4. The first-order chi connectivity index (χ1) is 14.6. The summed E-state index contributed by atoms with van der Waals surface area (Å²) >= 11 is 4.76. The van der Waals surface area contributed by atoms with Gasteiger partial charge in [-0.25, -0.2) is 4.99 Å². The molecule has 1 amide bonds. The second kappa shape index (κ2) is 9.32. The fraction of sp³-hybridized carbons (Fsp3) is 0.0833. The number of halogens is 1. The quantitative estimate of drug-likeness (QED) is 0.442. The van der Waals surface area contributed by atoms with Gasteiger partial charge >= 0.3 is 0 Å². The average molecular weight is 479 g/mol. The lowest BCUT2D eigenvalue weighted by atomic mass is 10.2. The average Bonchev–Trinajstić information content (AvgIpc) is 3.09. The highest BCUT2D eigenvalue weighted by Gasteiger charge is 2.24. The Balaban J connectivity index is 1.51. The van der Waals surface area contributed by atoms with Gasteiger partial charge in [-0.3, -0.25) is 4.79 Å². The van der Waals surface area contributed by atoms with Gasteiger partial charge in [0.25, 0.3) is 5.91 Å². The molecule has 0 spiro atoms. The summed E-state index contributed by atoms with van der Waals surface area (Å²) in [6.45, 7) is 2.48. The van der Waals surface area contributed by atoms with Gasteiger partial charge in [0.15, 0.2) is 5.17 Å². The number of amidine groups is 1. The molecule has 4 rings (SSSR count). The number of aliphatic imine (C=N–C) groups is 1. The molecule has 0 unspecified atom stereocenters. The number of para-hydroxylation sites is 1. The minimum Gasteiger partial charge on any atom is -0.488 e. The summed E-state index contributed by atoms with van der Waals surface area (Å²) in [5.41, 5.74) is 3.90. The number of nitrogens with zero attached hydrogens (tertiary/aromatic N) is 1. The molecule has 1 aliphatic rings. The van der Waals surface area contributed by atoms with E-state index in [9.17, 15) is 4.79 Å². The molecule has 150 valence electrons. The van der Waals surface area contributed by atoms with E-state index in [4.69, 9.17) is 4.74 Å². The predicted molar refractivity (Wildman–Crippen MR) is 127 cm³/mol. The number of nitrogens with one attached hydrogen (secondary N) is 1. The third kappa shape index (κ3) is 5.20. The highest BCUT2D eigenvalue weighted by Crippen LogP contribution is 2.31. The van der Waals surface area contributed by atoms with Crippen molar-refractivity contribution < 1.29 is 9.53 Å². The van der Waals surface area contributed by atoms with Gasteiger partial charge in [0.05, 0.1) is 10.6 Å². The summed E-state index contributed by atoms with van der Waals surface area (Å²) in [5.74, 6) is 0.568. The minimum atomic E-state index is -0.159. The van der Waals surface area contributed by atoms with Crippen LogP contribution in [0.4, 0.5) is 5.69 Å². The number of aryl methyl sites for hydroxylation is 1. The predicted octanol–water partition coefficient (Wildman–Crippen LogP) is 6.23. The maximum atomic E-state index is 12.4. The van der Waals surface area contributed by atoms with E-state index in [2.05, 4.69) is 26.2 Å². The van der Waals surface area contributed by atoms with Crippen molar-refractivity contribution in [2.75, 3.05) is 0 Å². The molecule has 3 aromatic carbocycles. The molecule has 0 atom stereocenters. The number of carbonyl (C=O) groups excluding carboxylic acids is 1. The Morgan fingerprint density at radius 1 is 1.03 bits per heavy atom. The van der Waals surface area contributed by atoms with Crippen LogP contribution in [0.25, 0.3) is 6.08 Å². The topological polar surface area (TPSA) is 50.7 Å². The molecule has 1 fully saturated rings. The van der Waals surface area contributed by atoms with Crippen molar-refractivity contribution in [2.24, 2.45) is 4.99 Å². The maximum absolute atomic E-state index is 12.4. The number of hydrogen-bond donors (Lipinski definition) is 1. The molecule has 6 heteroatoms. The van der Waals surface area contributed by atoms with E-state index >= 15 is 0 Å². The summed E-state index contributed by atoms with van der Waals surface area (Å²) in [5, 5.41) is 3.40. The second-order valence-corrected chi connectivity index (χ2v) is 8.72. The molecule has 1 heterocycles. The maximum Gasteiger partial charge on any atom is 0.264 e. The lowest BCUT2D eigenvalue weighted by Crippen LogP contribution is -2.19. The molecule has 0 aliphatic carbocycles. The Morgan fingerprint density at radius 3 is 2.53 bits per heavy atom. The van der Waals surface area contributed by atoms with Crippen LogP contribution in [0.5, 0.6) is 5.75 Å². The van der Waals surface area contributed by atoms with E-state index in [-0.39, 0.29) is 5.91 Å². The first-order valence-corrected chi connectivity index (χ1v) is 11.0. The van der Waals surface area contributed by atoms with Crippen molar-refractivity contribution in [1.82, 2.24) is 5.32 Å². The molecule has 0 radical (unpaired) electrons. The van der Waals surface area contributed by atoms with Crippen molar-refractivity contribution in [3.63, 3.8) is 0 Å². The van der Waals surface area contributed by atoms with Crippen LogP contribution >= 0.6 is 27.7 Å². The Labute approximate surface area is 188 Å². The number of benzene rings is 3. The fourth-order valence-corrected chi connectivity index (χ4v) is 3.93. The molecular weight excluding hydrogens is 460 g/mol. The van der Waals surface area contributed by atoms with Gasteiger partial charge in [0.1, 0.15) is 12.4 Å². The van der Waals surface area contributed by atoms with E-state index in [0.29, 0.717) is 16.7 Å². The lowest BCUT2D eigenvalue weighted by Gasteiger charge is -2.09. The van der Waals surface area contributed by atoms with Crippen LogP contribution in [0, 0.1) is 6.92 Å². The standard InChI is InChI=1S/C24H19BrN2O2S/c1-16-6-12-20(13-7-16)26-24-27-23(28)22(30-24)14-18-4-2-3-5-21(18)29-15-17-8-10-19(25)11-9-17/h2-14H,15H2,1H3,(H,26,27,28)/b22-14-. The van der Waals surface area contributed by atoms with Crippen LogP contribution in [-0.4, -0.2) is 11.1 Å². The monoisotopic (exact) mass is 478 g/mol. The second-order valence-electron chi connectivity index (χ2n) is 6.77. The number of thioether (sulfide) groups is 1. The van der Waals surface area contributed by atoms with Gasteiger partial charge in [-0.15, -0.1) is 0 Å². The Bertz CT molecular complexity index is 1120. The third-order valence-electron chi connectivity index (χ3n) is 4.43. The van der Waals surface area contributed by atoms with Crippen LogP contribution < -0.4 is 10.1 Å². The highest BCUT2D eigenvalue weighted by atomic mass is 79.9. The lowest BCUT2D eigenvalue weighted by molar-refractivity contribution is -0.115. The van der Waals surface area contributed by atoms with Gasteiger partial charge < -0.3 is 10.1 Å². The van der Waals surface area contributed by atoms with Crippen molar-refractivity contribution >= 4 is 50.5 Å². The summed E-state index contributed by atoms with van der Waals surface area (Å²) in [4.78, 5) is 17.5. The van der Waals surface area contributed by atoms with E-state index < -0.39 is 0 Å². The van der Waals surface area contributed by atoms with E-state index in [1.165, 1.54) is 17.3 Å². The normalized spacial score (nSPS) is 16.1. The van der Waals surface area contributed by atoms with Gasteiger partial charge in [-0.2, -0.15) is 0 Å². The molecule has 1 aliphatic heterocycles. The number of carbonyl (C=O) groups is 1. The molecule has 30 heavy (non-hydrogen) atoms. The SMILES string of the molecule is Cc1ccc(N=C2NC(=O)/C(=C/c3ccccc3OCc3ccc(Br)cc3)S2)cc1. The molecule has 4 nitrogen and oxygen atoms in total. The zero-order valence-corrected chi connectivity index (χ0v) is 18.7. The van der Waals surface area contributed by atoms with Gasteiger partial charge in [-0.05, 0) is 60.7 Å². The Morgan fingerprint density at radius 2 is 1.77 bits per heavy atom. The summed E-state index contributed by atoms with van der Waals surface area (Å²) in [6, 6.07) is 23.6. The first kappa shape index (κ1) is 20.4. The summed E-state index contributed by atoms with van der Waals surface area (Å²) in [7, 11) is 0. The Kier molecular flexibility index (Phi) is 6.35. The van der Waals surface area contributed by atoms with Crippen molar-refractivity contribution in [1.29, 1.82) is 0 Å². The van der Waals surface area contributed by atoms with Crippen LogP contribution in [0.15, 0.2) is 87.2 Å². The van der Waals surface area contributed by atoms with Gasteiger partial charge in [-0.1, -0.05) is 64.0 Å². The molecule has 0 bridgehead atoms. The number of rotatable bonds is 5. The van der Waals surface area contributed by atoms with Gasteiger partial charge in [0.2, 0.25) is 0 Å². The van der Waals surface area contributed by atoms with Crippen LogP contribution in [-0.2, 0) is 11.4 Å². The largest absolute Gasteiger partial charge is 0.488 e. The zero-order chi connectivity index (χ0) is 20.9. The number of amides is 1. The van der Waals surface area contributed by atoms with Crippen LogP contribution in [0.1, 0.15) is 16.7 Å². The minimum absolute atomic E-state index is 0.159. The number of ether oxygens (including phenoxy) is 1. The molecule has 0 aromatic heterocycles. The van der Waals surface area contributed by atoms with Crippen molar-refractivity contribution in [3.8, 4) is 5.75 Å². The third-order valence-corrected chi connectivity index (χ3v) is 5.87. The van der Waals surface area contributed by atoms with Crippen molar-refractivity contribution in [3.05, 3.63) is 98.9 Å². The van der Waals surface area contributed by atoms with Crippen LogP contribution in [0.2, 0.25) is 0 Å². The molecule has 0 saturated carbocycles. The van der Waals surface area contributed by atoms with Crippen molar-refractivity contribution in [2.45, 2.75) is 13.5 Å². The Hall–Kier alpha value is -2.83. The highest BCUT2D eigenvalue weighted by molar-refractivity contribution is 9.10. The first-order valence-electron chi connectivity index (χ1n) is 9.39. The van der Waals surface area contributed by atoms with E-state index in [1.54, 1.807) is 0 Å². The van der Waals surface area contributed by atoms with Gasteiger partial charge in [0, 0.05) is 10.0 Å². The smallest absolute Gasteiger partial charge is 0.264 e. The van der Waals surface area contributed by atoms with E-state index in [1.807, 2.05) is 85.8 Å². The molecular formula is C24H19BrN2O2S. The summed E-state index contributed by atoms with van der Waals surface area (Å²) < 4.78 is 7.04. The molecule has 1 saturated heterocycles. The van der Waals surface area contributed by atoms with Crippen LogP contribution in [0.3, 0.4) is 0 Å². The molecule has 3 aromatic rings. The fourth-order valence-electron chi connectivity index (χ4n) is 2.83. The molecule has 1 N–H and O–H groups in total.